The molecule has 1 aromatic carbocycles. The van der Waals surface area contributed by atoms with Gasteiger partial charge in [0.25, 0.3) is 0 Å². The van der Waals surface area contributed by atoms with Crippen LogP contribution in [0.5, 0.6) is 0 Å². The van der Waals surface area contributed by atoms with Gasteiger partial charge in [-0.1, -0.05) is 12.1 Å². The minimum absolute atomic E-state index is 0.268. The van der Waals surface area contributed by atoms with Gasteiger partial charge >= 0.3 is 6.18 Å². The third-order valence-corrected chi connectivity index (χ3v) is 4.21. The first-order valence-corrected chi connectivity index (χ1v) is 8.84. The van der Waals surface area contributed by atoms with E-state index in [2.05, 4.69) is 20.5 Å². The Hall–Kier alpha value is -1.80. The maximum atomic E-state index is 12.6. The molecule has 26 heavy (non-hydrogen) atoms. The maximum absolute atomic E-state index is 12.6. The first-order chi connectivity index (χ1) is 12.4. The summed E-state index contributed by atoms with van der Waals surface area (Å²) in [5, 5.41) is 6.63. The summed E-state index contributed by atoms with van der Waals surface area (Å²) in [5.74, 6) is 0.769. The van der Waals surface area contributed by atoms with Crippen LogP contribution in [0.15, 0.2) is 29.3 Å². The minimum Gasteiger partial charge on any atom is -0.383 e. The molecule has 8 heteroatoms. The number of aliphatic imine (C=N–C) groups is 1. The Morgan fingerprint density at radius 2 is 2.04 bits per heavy atom. The Kier molecular flexibility index (Phi) is 7.71. The van der Waals surface area contributed by atoms with E-state index in [0.29, 0.717) is 19.7 Å². The van der Waals surface area contributed by atoms with Gasteiger partial charge in [-0.05, 0) is 31.0 Å². The van der Waals surface area contributed by atoms with Gasteiger partial charge in [0.05, 0.1) is 18.7 Å². The summed E-state index contributed by atoms with van der Waals surface area (Å²) < 4.78 is 42.9. The molecule has 0 amide bonds. The number of hydrogen-bond donors (Lipinski definition) is 2. The molecular formula is C18H27F3N4O. The van der Waals surface area contributed by atoms with E-state index in [9.17, 15) is 13.2 Å². The molecule has 1 aliphatic heterocycles. The third-order valence-electron chi connectivity index (χ3n) is 4.21. The van der Waals surface area contributed by atoms with E-state index in [1.54, 1.807) is 19.2 Å². The molecule has 0 radical (unpaired) electrons. The Bertz CT molecular complexity index is 575. The lowest BCUT2D eigenvalue weighted by atomic mass is 10.1. The fourth-order valence-electron chi connectivity index (χ4n) is 2.91. The number of rotatable bonds is 7. The van der Waals surface area contributed by atoms with Gasteiger partial charge in [0, 0.05) is 39.3 Å². The van der Waals surface area contributed by atoms with Crippen LogP contribution in [0, 0.1) is 0 Å². The molecule has 5 nitrogen and oxygen atoms in total. The number of likely N-dealkylation sites (tertiary alicyclic amines) is 1. The zero-order chi connectivity index (χ0) is 19.0. The molecule has 0 aromatic heterocycles. The first-order valence-electron chi connectivity index (χ1n) is 8.84. The molecule has 146 valence electrons. The van der Waals surface area contributed by atoms with Gasteiger partial charge in [0.2, 0.25) is 0 Å². The van der Waals surface area contributed by atoms with Gasteiger partial charge in [-0.2, -0.15) is 13.2 Å². The number of hydrogen-bond acceptors (Lipinski definition) is 3. The number of ether oxygens (including phenoxy) is 1. The topological polar surface area (TPSA) is 48.9 Å². The summed E-state index contributed by atoms with van der Waals surface area (Å²) in [4.78, 5) is 6.69. The minimum atomic E-state index is -4.29. The van der Waals surface area contributed by atoms with Crippen LogP contribution >= 0.6 is 0 Å². The SMILES string of the molecule is CCNC(=NCCOC)NC1CCN(Cc2ccc(C(F)(F)F)cc2)C1. The highest BCUT2D eigenvalue weighted by molar-refractivity contribution is 5.80. The van der Waals surface area contributed by atoms with Crippen molar-refractivity contribution in [2.24, 2.45) is 4.99 Å². The fraction of sp³-hybridized carbons (Fsp3) is 0.611. The number of methoxy groups -OCH3 is 1. The van der Waals surface area contributed by atoms with Crippen LogP contribution in [0.1, 0.15) is 24.5 Å². The molecule has 1 unspecified atom stereocenters. The highest BCUT2D eigenvalue weighted by Crippen LogP contribution is 2.29. The van der Waals surface area contributed by atoms with Crippen LogP contribution in [0.3, 0.4) is 0 Å². The van der Waals surface area contributed by atoms with Crippen LogP contribution in [0.25, 0.3) is 0 Å². The van der Waals surface area contributed by atoms with Gasteiger partial charge in [0.1, 0.15) is 0 Å². The lowest BCUT2D eigenvalue weighted by molar-refractivity contribution is -0.137. The standard InChI is InChI=1S/C18H27F3N4O/c1-3-22-17(23-9-11-26-2)24-16-8-10-25(13-16)12-14-4-6-15(7-5-14)18(19,20)21/h4-7,16H,3,8-13H2,1-2H3,(H2,22,23,24). The van der Waals surface area contributed by atoms with E-state index in [-0.39, 0.29) is 6.04 Å². The molecule has 1 fully saturated rings. The summed E-state index contributed by atoms with van der Waals surface area (Å²) in [6, 6.07) is 5.67. The van der Waals surface area contributed by atoms with Gasteiger partial charge < -0.3 is 15.4 Å². The largest absolute Gasteiger partial charge is 0.416 e. The molecule has 1 atom stereocenters. The number of nitrogens with zero attached hydrogens (tertiary/aromatic N) is 2. The van der Waals surface area contributed by atoms with E-state index in [4.69, 9.17) is 4.74 Å². The second-order valence-corrected chi connectivity index (χ2v) is 6.31. The number of benzene rings is 1. The number of halogens is 3. The van der Waals surface area contributed by atoms with Crippen LogP contribution in [0.2, 0.25) is 0 Å². The number of nitrogens with one attached hydrogen (secondary N) is 2. The van der Waals surface area contributed by atoms with Crippen molar-refractivity contribution in [1.29, 1.82) is 0 Å². The number of alkyl halides is 3. The van der Waals surface area contributed by atoms with Crippen molar-refractivity contribution in [1.82, 2.24) is 15.5 Å². The Morgan fingerprint density at radius 1 is 1.31 bits per heavy atom. The molecule has 2 rings (SSSR count). The van der Waals surface area contributed by atoms with E-state index >= 15 is 0 Å². The van der Waals surface area contributed by atoms with E-state index in [0.717, 1.165) is 49.7 Å². The van der Waals surface area contributed by atoms with Crippen LogP contribution in [-0.4, -0.2) is 56.8 Å². The second-order valence-electron chi connectivity index (χ2n) is 6.31. The summed E-state index contributed by atoms with van der Waals surface area (Å²) in [7, 11) is 1.64. The van der Waals surface area contributed by atoms with E-state index in [1.165, 1.54) is 0 Å². The molecular weight excluding hydrogens is 345 g/mol. The van der Waals surface area contributed by atoms with Gasteiger partial charge in [-0.3, -0.25) is 9.89 Å². The Morgan fingerprint density at radius 3 is 2.65 bits per heavy atom. The average molecular weight is 372 g/mol. The highest BCUT2D eigenvalue weighted by Gasteiger charge is 2.30. The van der Waals surface area contributed by atoms with Crippen molar-refractivity contribution < 1.29 is 17.9 Å². The van der Waals surface area contributed by atoms with Gasteiger partial charge in [-0.25, -0.2) is 0 Å². The van der Waals surface area contributed by atoms with Crippen molar-refractivity contribution in [3.63, 3.8) is 0 Å². The molecule has 0 spiro atoms. The Labute approximate surface area is 152 Å². The van der Waals surface area contributed by atoms with Crippen LogP contribution < -0.4 is 10.6 Å². The van der Waals surface area contributed by atoms with Gasteiger partial charge in [-0.15, -0.1) is 0 Å². The quantitative estimate of drug-likeness (QED) is 0.439. The third kappa shape index (κ3) is 6.49. The van der Waals surface area contributed by atoms with Crippen molar-refractivity contribution in [3.05, 3.63) is 35.4 Å². The molecule has 1 aromatic rings. The lowest BCUT2D eigenvalue weighted by Gasteiger charge is -2.19. The summed E-state index contributed by atoms with van der Waals surface area (Å²) in [5.41, 5.74) is 0.282. The maximum Gasteiger partial charge on any atom is 0.416 e. The monoisotopic (exact) mass is 372 g/mol. The molecule has 1 aliphatic rings. The van der Waals surface area contributed by atoms with Crippen molar-refractivity contribution in [3.8, 4) is 0 Å². The zero-order valence-electron chi connectivity index (χ0n) is 15.3. The van der Waals surface area contributed by atoms with Crippen molar-refractivity contribution in [2.75, 3.05) is 39.9 Å². The predicted molar refractivity (Wildman–Crippen MR) is 96.1 cm³/mol. The van der Waals surface area contributed by atoms with Crippen LogP contribution in [-0.2, 0) is 17.5 Å². The van der Waals surface area contributed by atoms with Crippen LogP contribution in [0.4, 0.5) is 13.2 Å². The molecule has 2 N–H and O–H groups in total. The van der Waals surface area contributed by atoms with Gasteiger partial charge in [0.15, 0.2) is 5.96 Å². The zero-order valence-corrected chi connectivity index (χ0v) is 15.3. The molecule has 0 saturated carbocycles. The van der Waals surface area contributed by atoms with E-state index < -0.39 is 11.7 Å². The molecule has 1 saturated heterocycles. The van der Waals surface area contributed by atoms with Crippen molar-refractivity contribution in [2.45, 2.75) is 32.1 Å². The molecule has 1 heterocycles. The van der Waals surface area contributed by atoms with E-state index in [1.807, 2.05) is 6.92 Å². The average Bonchev–Trinajstić information content (AvgIpc) is 3.02. The molecule has 0 aliphatic carbocycles. The summed E-state index contributed by atoms with van der Waals surface area (Å²) >= 11 is 0. The summed E-state index contributed by atoms with van der Waals surface area (Å²) in [6.07, 6.45) is -3.32. The first kappa shape index (κ1) is 20.5. The fourth-order valence-corrected chi connectivity index (χ4v) is 2.91. The lowest BCUT2D eigenvalue weighted by Crippen LogP contribution is -2.44. The van der Waals surface area contributed by atoms with Crippen molar-refractivity contribution >= 4 is 5.96 Å². The molecule has 0 bridgehead atoms. The summed E-state index contributed by atoms with van der Waals surface area (Å²) in [6.45, 7) is 6.33. The number of guanidine groups is 1. The smallest absolute Gasteiger partial charge is 0.383 e. The predicted octanol–water partition coefficient (Wildman–Crippen LogP) is 2.48. The normalized spacial score (nSPS) is 19.0. The second kappa shape index (κ2) is 9.78. The Balaban J connectivity index is 1.84. The highest BCUT2D eigenvalue weighted by atomic mass is 19.4.